The Kier molecular flexibility index (Phi) is 5.18. The summed E-state index contributed by atoms with van der Waals surface area (Å²) >= 11 is 5.65. The topological polar surface area (TPSA) is 31.0 Å². The van der Waals surface area contributed by atoms with E-state index in [-0.39, 0.29) is 12.2 Å². The second-order valence-corrected chi connectivity index (χ2v) is 3.09. The van der Waals surface area contributed by atoms with Crippen molar-refractivity contribution >= 4 is 11.6 Å². The first-order valence-electron chi connectivity index (χ1n) is 4.17. The van der Waals surface area contributed by atoms with Gasteiger partial charge in [-0.2, -0.15) is 0 Å². The third-order valence-corrected chi connectivity index (χ3v) is 1.93. The minimum atomic E-state index is -0.0841. The zero-order valence-electron chi connectivity index (χ0n) is 7.37. The maximum absolute atomic E-state index is 5.65. The number of hydrogen-bond acceptors (Lipinski definition) is 3. The third-order valence-electron chi connectivity index (χ3n) is 1.58. The van der Waals surface area contributed by atoms with Crippen molar-refractivity contribution in [3.05, 3.63) is 0 Å². The lowest BCUT2D eigenvalue weighted by Crippen LogP contribution is -2.23. The molecule has 0 spiro atoms. The molecule has 1 fully saturated rings. The Labute approximate surface area is 83.3 Å². The van der Waals surface area contributed by atoms with E-state index in [4.69, 9.17) is 32.2 Å². The lowest BCUT2D eigenvalue weighted by molar-refractivity contribution is -0.00201. The molecule has 0 N–H and O–H groups in total. The molecule has 74 valence electrons. The molecule has 0 aromatic rings. The molecule has 0 aromatic heterocycles. The Morgan fingerprint density at radius 2 is 2.46 bits per heavy atom. The molecule has 0 bridgehead atoms. The summed E-state index contributed by atoms with van der Waals surface area (Å²) in [7, 11) is 0. The largest absolute Gasteiger partial charge is 0.372 e. The number of alkyl halides is 1. The SMILES string of the molecule is C#CCOC[C@H](CCl)OC[C@@H]1CO1. The van der Waals surface area contributed by atoms with Crippen molar-refractivity contribution in [1.29, 1.82) is 0 Å². The summed E-state index contributed by atoms with van der Waals surface area (Å²) in [5.41, 5.74) is 0. The molecule has 0 aliphatic carbocycles. The Morgan fingerprint density at radius 3 is 3.00 bits per heavy atom. The fourth-order valence-electron chi connectivity index (χ4n) is 0.794. The summed E-state index contributed by atoms with van der Waals surface area (Å²) in [4.78, 5) is 0. The number of terminal acetylenes is 1. The zero-order chi connectivity index (χ0) is 9.52. The van der Waals surface area contributed by atoms with Gasteiger partial charge in [0.15, 0.2) is 0 Å². The van der Waals surface area contributed by atoms with Crippen molar-refractivity contribution in [3.8, 4) is 12.3 Å². The van der Waals surface area contributed by atoms with Gasteiger partial charge >= 0.3 is 0 Å². The van der Waals surface area contributed by atoms with Crippen LogP contribution in [0.15, 0.2) is 0 Å². The summed E-state index contributed by atoms with van der Waals surface area (Å²) in [6.07, 6.45) is 5.20. The highest BCUT2D eigenvalue weighted by molar-refractivity contribution is 6.18. The summed E-state index contributed by atoms with van der Waals surface area (Å²) in [5.74, 6) is 2.79. The summed E-state index contributed by atoms with van der Waals surface area (Å²) in [6, 6.07) is 0. The van der Waals surface area contributed by atoms with Crippen LogP contribution in [0.2, 0.25) is 0 Å². The molecular weight excluding hydrogens is 192 g/mol. The predicted octanol–water partition coefficient (Wildman–Crippen LogP) is 0.659. The monoisotopic (exact) mass is 204 g/mol. The van der Waals surface area contributed by atoms with Gasteiger partial charge in [-0.15, -0.1) is 18.0 Å². The fourth-order valence-corrected chi connectivity index (χ4v) is 0.972. The van der Waals surface area contributed by atoms with Crippen LogP contribution in [0, 0.1) is 12.3 Å². The van der Waals surface area contributed by atoms with Gasteiger partial charge in [0, 0.05) is 0 Å². The van der Waals surface area contributed by atoms with Crippen LogP contribution in [0.5, 0.6) is 0 Å². The molecule has 0 amide bonds. The molecule has 4 heteroatoms. The average Bonchev–Trinajstić information content (AvgIpc) is 2.94. The van der Waals surface area contributed by atoms with Gasteiger partial charge in [0.25, 0.3) is 0 Å². The van der Waals surface area contributed by atoms with E-state index < -0.39 is 0 Å². The molecule has 0 aromatic carbocycles. The first-order valence-corrected chi connectivity index (χ1v) is 4.70. The van der Waals surface area contributed by atoms with Crippen LogP contribution < -0.4 is 0 Å². The maximum Gasteiger partial charge on any atom is 0.107 e. The van der Waals surface area contributed by atoms with Gasteiger partial charge in [0.05, 0.1) is 31.8 Å². The smallest absolute Gasteiger partial charge is 0.107 e. The molecule has 1 heterocycles. The second-order valence-electron chi connectivity index (χ2n) is 2.78. The maximum atomic E-state index is 5.65. The van der Waals surface area contributed by atoms with E-state index >= 15 is 0 Å². The van der Waals surface area contributed by atoms with E-state index in [1.165, 1.54) is 0 Å². The van der Waals surface area contributed by atoms with Crippen LogP contribution in [-0.2, 0) is 14.2 Å². The number of hydrogen-bond donors (Lipinski definition) is 0. The molecule has 13 heavy (non-hydrogen) atoms. The van der Waals surface area contributed by atoms with Crippen LogP contribution in [0.1, 0.15) is 0 Å². The molecule has 1 rings (SSSR count). The summed E-state index contributed by atoms with van der Waals surface area (Å²) in [5, 5.41) is 0. The highest BCUT2D eigenvalue weighted by Crippen LogP contribution is 2.10. The molecule has 2 atom stereocenters. The molecule has 0 unspecified atom stereocenters. The van der Waals surface area contributed by atoms with Gasteiger partial charge in [0.2, 0.25) is 0 Å². The lowest BCUT2D eigenvalue weighted by atomic mass is 10.4. The molecule has 1 saturated heterocycles. The van der Waals surface area contributed by atoms with Crippen LogP contribution in [0.4, 0.5) is 0 Å². The van der Waals surface area contributed by atoms with E-state index in [9.17, 15) is 0 Å². The molecule has 0 saturated carbocycles. The Balaban J connectivity index is 1.99. The minimum absolute atomic E-state index is 0.0841. The van der Waals surface area contributed by atoms with Gasteiger partial charge in [-0.1, -0.05) is 5.92 Å². The third kappa shape index (κ3) is 5.12. The van der Waals surface area contributed by atoms with Gasteiger partial charge in [-0.25, -0.2) is 0 Å². The van der Waals surface area contributed by atoms with Crippen molar-refractivity contribution in [2.45, 2.75) is 12.2 Å². The van der Waals surface area contributed by atoms with E-state index in [1.807, 2.05) is 0 Å². The van der Waals surface area contributed by atoms with Crippen LogP contribution >= 0.6 is 11.6 Å². The van der Waals surface area contributed by atoms with Crippen molar-refractivity contribution in [2.24, 2.45) is 0 Å². The summed E-state index contributed by atoms with van der Waals surface area (Å²) < 4.78 is 15.5. The van der Waals surface area contributed by atoms with E-state index in [0.717, 1.165) is 6.61 Å². The number of halogens is 1. The average molecular weight is 205 g/mol. The first kappa shape index (κ1) is 10.8. The van der Waals surface area contributed by atoms with Gasteiger partial charge in [-0.05, 0) is 0 Å². The zero-order valence-corrected chi connectivity index (χ0v) is 8.13. The number of epoxide rings is 1. The van der Waals surface area contributed by atoms with Crippen molar-refractivity contribution < 1.29 is 14.2 Å². The van der Waals surface area contributed by atoms with Crippen LogP contribution in [0.3, 0.4) is 0 Å². The van der Waals surface area contributed by atoms with Gasteiger partial charge in [-0.3, -0.25) is 0 Å². The van der Waals surface area contributed by atoms with E-state index in [2.05, 4.69) is 5.92 Å². The Morgan fingerprint density at radius 1 is 1.69 bits per heavy atom. The Bertz CT molecular complexity index is 174. The minimum Gasteiger partial charge on any atom is -0.372 e. The van der Waals surface area contributed by atoms with Gasteiger partial charge < -0.3 is 14.2 Å². The molecule has 1 aliphatic rings. The molecular formula is C9H13ClO3. The standard InChI is InChI=1S/C9H13ClO3/c1-2-3-11-5-8(4-10)12-6-9-7-13-9/h1,8-9H,3-7H2/t8-,9+/m0/s1. The number of rotatable bonds is 7. The highest BCUT2D eigenvalue weighted by Gasteiger charge is 2.24. The first-order chi connectivity index (χ1) is 6.36. The van der Waals surface area contributed by atoms with Crippen molar-refractivity contribution in [1.82, 2.24) is 0 Å². The fraction of sp³-hybridized carbons (Fsp3) is 0.778. The van der Waals surface area contributed by atoms with Crippen LogP contribution in [-0.4, -0.2) is 44.5 Å². The van der Waals surface area contributed by atoms with Crippen LogP contribution in [0.25, 0.3) is 0 Å². The quantitative estimate of drug-likeness (QED) is 0.264. The highest BCUT2D eigenvalue weighted by atomic mass is 35.5. The molecule has 3 nitrogen and oxygen atoms in total. The van der Waals surface area contributed by atoms with E-state index in [1.54, 1.807) is 0 Å². The van der Waals surface area contributed by atoms with Crippen molar-refractivity contribution in [2.75, 3.05) is 32.3 Å². The Hall–Kier alpha value is -0.270. The normalized spacial score (nSPS) is 22.3. The predicted molar refractivity (Wildman–Crippen MR) is 49.9 cm³/mol. The summed E-state index contributed by atoms with van der Waals surface area (Å²) in [6.45, 7) is 2.13. The van der Waals surface area contributed by atoms with Gasteiger partial charge in [0.1, 0.15) is 12.7 Å². The second kappa shape index (κ2) is 6.22. The van der Waals surface area contributed by atoms with Crippen molar-refractivity contribution in [3.63, 3.8) is 0 Å². The molecule has 0 radical (unpaired) electrons. The lowest BCUT2D eigenvalue weighted by Gasteiger charge is -2.13. The van der Waals surface area contributed by atoms with E-state index in [0.29, 0.717) is 25.7 Å². The number of ether oxygens (including phenoxy) is 3. The molecule has 1 aliphatic heterocycles.